The van der Waals surface area contributed by atoms with E-state index in [4.69, 9.17) is 31.0 Å². The molecule has 0 aliphatic carbocycles. The number of hydrogen-bond acceptors (Lipinski definition) is 14. The number of piperidine rings is 1. The predicted molar refractivity (Wildman–Crippen MR) is 328 cm³/mol. The number of hydrogen-bond donors (Lipinski definition) is 0. The van der Waals surface area contributed by atoms with E-state index in [1.54, 1.807) is 53.7 Å². The Morgan fingerprint density at radius 1 is 0.621 bits per heavy atom. The van der Waals surface area contributed by atoms with E-state index in [9.17, 15) is 19.2 Å². The Bertz CT molecular complexity index is 4140. The maximum atomic E-state index is 16.1. The van der Waals surface area contributed by atoms with Crippen molar-refractivity contribution >= 4 is 56.5 Å². The summed E-state index contributed by atoms with van der Waals surface area (Å²) in [5.74, 6) is -1.37. The Labute approximate surface area is 505 Å². The number of aromatic nitrogens is 8. The molecule has 2 aromatic carbocycles. The van der Waals surface area contributed by atoms with Gasteiger partial charge in [0.2, 0.25) is 11.1 Å². The lowest BCUT2D eigenvalue weighted by molar-refractivity contribution is -0.126. The first-order valence-corrected chi connectivity index (χ1v) is 29.5. The van der Waals surface area contributed by atoms with E-state index >= 15 is 17.6 Å². The number of allylic oxidation sites excluding steroid dienone is 1. The highest BCUT2D eigenvalue weighted by Crippen LogP contribution is 2.40. The molecule has 2 saturated heterocycles. The normalized spacial score (nSPS) is 16.4. The number of rotatable bonds is 6. The summed E-state index contributed by atoms with van der Waals surface area (Å²) < 4.78 is 77.9. The molecule has 4 aliphatic heterocycles. The number of nitrogens with zero attached hydrogens (tertiary/aromatic N) is 11. The number of halogens is 5. The summed E-state index contributed by atoms with van der Waals surface area (Å²) in [6, 6.07) is 15.2. The predicted octanol–water partition coefficient (Wildman–Crippen LogP) is 11.7. The van der Waals surface area contributed by atoms with Crippen LogP contribution < -0.4 is 30.7 Å². The van der Waals surface area contributed by atoms with E-state index in [1.165, 1.54) is 39.5 Å². The summed E-state index contributed by atoms with van der Waals surface area (Å²) in [5.41, 5.74) is 2.20. The molecule has 87 heavy (non-hydrogen) atoms. The molecule has 2 fully saturated rings. The van der Waals surface area contributed by atoms with E-state index in [0.717, 1.165) is 25.3 Å². The molecule has 17 nitrogen and oxygen atoms in total. The number of ether oxygens (including phenoxy) is 2. The second-order valence-electron chi connectivity index (χ2n) is 22.4. The van der Waals surface area contributed by atoms with Crippen LogP contribution in [0.5, 0.6) is 11.5 Å². The van der Waals surface area contributed by atoms with Crippen molar-refractivity contribution in [1.82, 2.24) is 43.9 Å². The van der Waals surface area contributed by atoms with Crippen molar-refractivity contribution in [3.05, 3.63) is 165 Å². The SMILES string of the molecule is C=CC(=O)Cl.C=CC(=O)N1CCN(c2nc(=O)n3c4nc(c(F)cc24)-c2c(F)cccc2CCCOc2ccnc(C(C)C)c2-3)[C@@H](C)C1.CC(C)c1nccc2c1-n1c(=O)nc(N3CCCC[C@@H]3C)c3cc(F)c(nc31)-c1c(F)cccc1CCCO2. The standard InChI is InChI=1S/C32H32F2N6O3.C30H31F2N5O2.C3H3ClO/c1-5-25(41)38-13-14-39(19(4)17-38)30-21-16-23(34)28-26-20(8-6-10-22(26)33)9-7-15-43-24-11-12-35-27(18(2)3)29(24)40(31(21)36-28)32(42)37-30;1-17(2)25-27-23(12-13-33-25)39-15-7-10-19-9-6-11-21(31)24(19)26-22(32)16-20-28(36-14-5-4-8-18(36)3)35-30(38)37(27)29(20)34-26;1-2-3(4)5/h5-6,8,10-12,16,18-19H,1,7,9,13-15,17H2,2-4H3;6,9,11-13,16-18H,4-5,7-8,10,14-15H2,1-3H3;2H,1H2/t19-;18-;/m00./s1. The van der Waals surface area contributed by atoms with Crippen molar-refractivity contribution in [2.75, 3.05) is 49.2 Å². The molecule has 6 aromatic heterocycles. The second-order valence-corrected chi connectivity index (χ2v) is 22.8. The van der Waals surface area contributed by atoms with E-state index in [1.807, 2.05) is 39.5 Å². The summed E-state index contributed by atoms with van der Waals surface area (Å²) in [6.45, 7) is 20.9. The van der Waals surface area contributed by atoms with Crippen LogP contribution in [0, 0.1) is 23.3 Å². The van der Waals surface area contributed by atoms with Crippen LogP contribution in [-0.4, -0.2) is 107 Å². The molecule has 0 radical (unpaired) electrons. The average molecular weight is 1210 g/mol. The minimum absolute atomic E-state index is 0.0558. The van der Waals surface area contributed by atoms with Crippen LogP contribution in [0.15, 0.2) is 108 Å². The van der Waals surface area contributed by atoms with Gasteiger partial charge in [-0.2, -0.15) is 9.97 Å². The fourth-order valence-electron chi connectivity index (χ4n) is 11.8. The van der Waals surface area contributed by atoms with E-state index in [-0.39, 0.29) is 81.4 Å². The number of anilines is 2. The van der Waals surface area contributed by atoms with Gasteiger partial charge < -0.3 is 24.2 Å². The summed E-state index contributed by atoms with van der Waals surface area (Å²) in [6.07, 6.45) is 10.6. The van der Waals surface area contributed by atoms with Crippen LogP contribution >= 0.6 is 11.6 Å². The van der Waals surface area contributed by atoms with Gasteiger partial charge in [0, 0.05) is 73.9 Å². The van der Waals surface area contributed by atoms with Gasteiger partial charge in [-0.15, -0.1) is 0 Å². The Morgan fingerprint density at radius 3 is 1.52 bits per heavy atom. The lowest BCUT2D eigenvalue weighted by atomic mass is 9.98. The molecule has 22 heteroatoms. The minimum Gasteiger partial charge on any atom is -0.491 e. The van der Waals surface area contributed by atoms with E-state index in [0.29, 0.717) is 115 Å². The minimum atomic E-state index is -0.732. The highest BCUT2D eigenvalue weighted by atomic mass is 35.5. The fourth-order valence-corrected chi connectivity index (χ4v) is 11.8. The molecule has 1 amide bonds. The lowest BCUT2D eigenvalue weighted by Crippen LogP contribution is -2.54. The Balaban J connectivity index is 0.000000179. The van der Waals surface area contributed by atoms with Crippen LogP contribution in [0.1, 0.15) is 108 Å². The molecule has 452 valence electrons. The molecule has 0 N–H and O–H groups in total. The highest BCUT2D eigenvalue weighted by molar-refractivity contribution is 6.66. The number of pyridine rings is 4. The zero-order chi connectivity index (χ0) is 62.0. The molecule has 0 unspecified atom stereocenters. The van der Waals surface area contributed by atoms with E-state index in [2.05, 4.69) is 44.9 Å². The largest absolute Gasteiger partial charge is 0.491 e. The summed E-state index contributed by atoms with van der Waals surface area (Å²) in [7, 11) is 0. The zero-order valence-electron chi connectivity index (χ0n) is 49.3. The van der Waals surface area contributed by atoms with Crippen molar-refractivity contribution in [3.63, 3.8) is 0 Å². The summed E-state index contributed by atoms with van der Waals surface area (Å²) in [5, 5.41) is 0.157. The summed E-state index contributed by atoms with van der Waals surface area (Å²) in [4.78, 5) is 83.0. The van der Waals surface area contributed by atoms with Crippen LogP contribution in [0.2, 0.25) is 0 Å². The van der Waals surface area contributed by atoms with Crippen LogP contribution in [0.25, 0.3) is 56.0 Å². The first kappa shape index (κ1) is 61.2. The van der Waals surface area contributed by atoms with Crippen molar-refractivity contribution in [1.29, 1.82) is 0 Å². The molecule has 2 atom stereocenters. The lowest BCUT2D eigenvalue weighted by Gasteiger charge is -2.40. The van der Waals surface area contributed by atoms with Gasteiger partial charge in [-0.3, -0.25) is 19.6 Å². The van der Waals surface area contributed by atoms with Gasteiger partial charge in [0.05, 0.1) is 35.4 Å². The molecular weight excluding hydrogens is 1140 g/mol. The van der Waals surface area contributed by atoms with Crippen molar-refractivity contribution in [2.45, 2.75) is 110 Å². The van der Waals surface area contributed by atoms with Gasteiger partial charge >= 0.3 is 11.4 Å². The molecule has 12 rings (SSSR count). The Hall–Kier alpha value is -8.85. The number of carbonyl (C=O) groups excluding carboxylic acids is 2. The number of amides is 1. The summed E-state index contributed by atoms with van der Waals surface area (Å²) >= 11 is 4.71. The van der Waals surface area contributed by atoms with Gasteiger partial charge in [0.15, 0.2) is 11.3 Å². The van der Waals surface area contributed by atoms with Crippen molar-refractivity contribution < 1.29 is 36.6 Å². The Kier molecular flexibility index (Phi) is 18.3. The third-order valence-electron chi connectivity index (χ3n) is 16.0. The number of carbonyl (C=O) groups is 2. The highest BCUT2D eigenvalue weighted by Gasteiger charge is 2.34. The maximum Gasteiger partial charge on any atom is 0.356 e. The molecule has 0 spiro atoms. The maximum absolute atomic E-state index is 16.1. The van der Waals surface area contributed by atoms with Crippen LogP contribution in [0.3, 0.4) is 0 Å². The van der Waals surface area contributed by atoms with Gasteiger partial charge in [0.1, 0.15) is 69.2 Å². The molecule has 10 heterocycles. The van der Waals surface area contributed by atoms with Crippen LogP contribution in [-0.2, 0) is 22.4 Å². The van der Waals surface area contributed by atoms with Gasteiger partial charge in [-0.25, -0.2) is 46.3 Å². The molecule has 4 aliphatic rings. The molecular formula is C65H66ClF4N11O6. The third kappa shape index (κ3) is 12.2. The third-order valence-corrected chi connectivity index (χ3v) is 16.1. The fraction of sp³-hybridized carbons (Fsp3) is 0.354. The average Bonchev–Trinajstić information content (AvgIpc) is 0.819. The van der Waals surface area contributed by atoms with Crippen molar-refractivity contribution in [3.8, 4) is 45.4 Å². The van der Waals surface area contributed by atoms with Gasteiger partial charge in [0.25, 0.3) is 0 Å². The van der Waals surface area contributed by atoms with Gasteiger partial charge in [-0.05, 0) is 130 Å². The van der Waals surface area contributed by atoms with E-state index < -0.39 is 39.9 Å². The van der Waals surface area contributed by atoms with Gasteiger partial charge in [-0.1, -0.05) is 65.1 Å². The first-order chi connectivity index (χ1) is 41.8. The number of aryl methyl sites for hydroxylation is 2. The first-order valence-electron chi connectivity index (χ1n) is 29.1. The Morgan fingerprint density at radius 2 is 1.09 bits per heavy atom. The number of benzene rings is 2. The number of piperazine rings is 1. The smallest absolute Gasteiger partial charge is 0.356 e. The second kappa shape index (κ2) is 26.0. The topological polar surface area (TPSA) is 184 Å². The van der Waals surface area contributed by atoms with Crippen LogP contribution in [0.4, 0.5) is 29.2 Å². The van der Waals surface area contributed by atoms with Crippen molar-refractivity contribution in [2.24, 2.45) is 0 Å². The molecule has 8 aromatic rings. The number of fused-ring (bicyclic) bond motifs is 10. The molecule has 4 bridgehead atoms. The zero-order valence-corrected chi connectivity index (χ0v) is 50.0. The monoisotopic (exact) mass is 1210 g/mol. The molecule has 0 saturated carbocycles. The quantitative estimate of drug-likeness (QED) is 0.0870.